The molecule has 0 bridgehead atoms. The van der Waals surface area contributed by atoms with Gasteiger partial charge in [-0.05, 0) is 28.8 Å². The molecule has 0 amide bonds. The second-order valence-corrected chi connectivity index (χ2v) is 6.43. The van der Waals surface area contributed by atoms with Gasteiger partial charge in [-0.3, -0.25) is 4.90 Å². The molecular weight excluding hydrogens is 406 g/mol. The van der Waals surface area contributed by atoms with Crippen molar-refractivity contribution in [1.29, 1.82) is 0 Å². The Bertz CT molecular complexity index is 750. The Balaban J connectivity index is 0.00000280. The van der Waals surface area contributed by atoms with Gasteiger partial charge in [-0.25, -0.2) is 0 Å². The van der Waals surface area contributed by atoms with Crippen molar-refractivity contribution >= 4 is 12.4 Å². The molecule has 1 aliphatic rings. The first-order valence-electron chi connectivity index (χ1n) is 8.45. The first-order valence-corrected chi connectivity index (χ1v) is 8.45. The fourth-order valence-corrected chi connectivity index (χ4v) is 3.26. The molecule has 9 heteroatoms. The second-order valence-electron chi connectivity index (χ2n) is 6.43. The van der Waals surface area contributed by atoms with E-state index in [0.29, 0.717) is 37.3 Å². The zero-order valence-corrected chi connectivity index (χ0v) is 15.5. The predicted octanol–water partition coefficient (Wildman–Crippen LogP) is 5.30. The molecule has 1 N–H and O–H groups in total. The monoisotopic (exact) mass is 424 g/mol. The quantitative estimate of drug-likeness (QED) is 0.672. The number of nitrogens with zero attached hydrogens (tertiary/aromatic N) is 1. The molecule has 0 saturated carbocycles. The summed E-state index contributed by atoms with van der Waals surface area (Å²) in [6, 6.07) is 8.68. The molecule has 1 fully saturated rings. The van der Waals surface area contributed by atoms with E-state index in [1.165, 1.54) is 41.3 Å². The first kappa shape index (κ1) is 22.5. The fourth-order valence-electron chi connectivity index (χ4n) is 3.26. The summed E-state index contributed by atoms with van der Waals surface area (Å²) >= 11 is 0. The lowest BCUT2D eigenvalue weighted by Crippen LogP contribution is -2.49. The van der Waals surface area contributed by atoms with E-state index < -0.39 is 24.0 Å². The third-order valence-electron chi connectivity index (χ3n) is 4.60. The molecule has 1 atom stereocenters. The van der Waals surface area contributed by atoms with Gasteiger partial charge in [0.15, 0.2) is 0 Å². The maximum atomic E-state index is 13.6. The summed E-state index contributed by atoms with van der Waals surface area (Å²) in [6.07, 6.45) is -8.83. The molecule has 2 aromatic rings. The average molecular weight is 425 g/mol. The van der Waals surface area contributed by atoms with Crippen molar-refractivity contribution in [2.75, 3.05) is 26.2 Å². The predicted molar refractivity (Wildman–Crippen MR) is 97.4 cm³/mol. The van der Waals surface area contributed by atoms with E-state index in [-0.39, 0.29) is 18.0 Å². The fraction of sp³-hybridized carbons (Fsp3) is 0.368. The van der Waals surface area contributed by atoms with Crippen LogP contribution in [0.2, 0.25) is 0 Å². The Morgan fingerprint density at radius 2 is 1.21 bits per heavy atom. The maximum absolute atomic E-state index is 13.6. The van der Waals surface area contributed by atoms with Gasteiger partial charge in [-0.15, -0.1) is 12.4 Å². The summed E-state index contributed by atoms with van der Waals surface area (Å²) in [5.74, 6) is 0. The van der Waals surface area contributed by atoms with E-state index in [1.54, 1.807) is 0 Å². The highest BCUT2D eigenvalue weighted by Crippen LogP contribution is 2.38. The van der Waals surface area contributed by atoms with Gasteiger partial charge in [0.2, 0.25) is 0 Å². The smallest absolute Gasteiger partial charge is 0.314 e. The molecule has 1 aliphatic heterocycles. The van der Waals surface area contributed by atoms with Crippen molar-refractivity contribution in [3.8, 4) is 11.1 Å². The SMILES string of the molecule is Cl.FC(F)(F)c1ccc(-c2ccc([C@H](N3CCNCC3)C(F)(F)F)cc2)cc1. The molecule has 0 aliphatic carbocycles. The van der Waals surface area contributed by atoms with Gasteiger partial charge in [0.25, 0.3) is 0 Å². The minimum absolute atomic E-state index is 0. The molecule has 0 aromatic heterocycles. The number of piperazine rings is 1. The van der Waals surface area contributed by atoms with E-state index in [4.69, 9.17) is 0 Å². The van der Waals surface area contributed by atoms with E-state index in [0.717, 1.165) is 12.1 Å². The Labute approximate surface area is 164 Å². The average Bonchev–Trinajstić information content (AvgIpc) is 2.62. The number of nitrogens with one attached hydrogen (secondary N) is 1. The summed E-state index contributed by atoms with van der Waals surface area (Å²) < 4.78 is 78.7. The van der Waals surface area contributed by atoms with Crippen molar-refractivity contribution in [1.82, 2.24) is 10.2 Å². The Morgan fingerprint density at radius 1 is 0.750 bits per heavy atom. The lowest BCUT2D eigenvalue weighted by atomic mass is 9.98. The summed E-state index contributed by atoms with van der Waals surface area (Å²) in [5.41, 5.74) is 0.438. The molecule has 0 radical (unpaired) electrons. The second kappa shape index (κ2) is 8.71. The molecular formula is C19H19ClF6N2. The minimum Gasteiger partial charge on any atom is -0.314 e. The van der Waals surface area contributed by atoms with Crippen LogP contribution >= 0.6 is 12.4 Å². The van der Waals surface area contributed by atoms with Gasteiger partial charge in [-0.2, -0.15) is 26.3 Å². The molecule has 0 unspecified atom stereocenters. The zero-order valence-electron chi connectivity index (χ0n) is 14.6. The molecule has 1 heterocycles. The van der Waals surface area contributed by atoms with Gasteiger partial charge in [0.05, 0.1) is 5.56 Å². The van der Waals surface area contributed by atoms with E-state index in [2.05, 4.69) is 5.32 Å². The van der Waals surface area contributed by atoms with Crippen molar-refractivity contribution < 1.29 is 26.3 Å². The Hall–Kier alpha value is -1.77. The Morgan fingerprint density at radius 3 is 1.64 bits per heavy atom. The van der Waals surface area contributed by atoms with E-state index in [1.807, 2.05) is 0 Å². The molecule has 28 heavy (non-hydrogen) atoms. The lowest BCUT2D eigenvalue weighted by molar-refractivity contribution is -0.187. The van der Waals surface area contributed by atoms with Gasteiger partial charge < -0.3 is 5.32 Å². The Kier molecular flexibility index (Phi) is 7.01. The number of benzene rings is 2. The van der Waals surface area contributed by atoms with Gasteiger partial charge in [0.1, 0.15) is 6.04 Å². The third-order valence-corrected chi connectivity index (χ3v) is 4.60. The number of rotatable bonds is 3. The third kappa shape index (κ3) is 5.18. The van der Waals surface area contributed by atoms with Gasteiger partial charge >= 0.3 is 12.4 Å². The first-order chi connectivity index (χ1) is 12.7. The van der Waals surface area contributed by atoms with Crippen LogP contribution < -0.4 is 5.32 Å². The van der Waals surface area contributed by atoms with Crippen LogP contribution in [0.3, 0.4) is 0 Å². The van der Waals surface area contributed by atoms with Crippen molar-refractivity contribution in [2.45, 2.75) is 18.4 Å². The highest BCUT2D eigenvalue weighted by molar-refractivity contribution is 5.85. The minimum atomic E-state index is -4.42. The summed E-state index contributed by atoms with van der Waals surface area (Å²) in [7, 11) is 0. The van der Waals surface area contributed by atoms with E-state index in [9.17, 15) is 26.3 Å². The number of halogens is 7. The summed E-state index contributed by atoms with van der Waals surface area (Å²) in [6.45, 7) is 1.59. The number of hydrogen-bond donors (Lipinski definition) is 1. The summed E-state index contributed by atoms with van der Waals surface area (Å²) in [4.78, 5) is 1.39. The van der Waals surface area contributed by atoms with Gasteiger partial charge in [0, 0.05) is 26.2 Å². The van der Waals surface area contributed by atoms with E-state index >= 15 is 0 Å². The normalized spacial score (nSPS) is 17.1. The highest BCUT2D eigenvalue weighted by atomic mass is 35.5. The van der Waals surface area contributed by atoms with Crippen LogP contribution in [0, 0.1) is 0 Å². The largest absolute Gasteiger partial charge is 0.416 e. The van der Waals surface area contributed by atoms with Crippen LogP contribution in [0.4, 0.5) is 26.3 Å². The van der Waals surface area contributed by atoms with Crippen LogP contribution in [0.5, 0.6) is 0 Å². The van der Waals surface area contributed by atoms with Crippen LogP contribution in [0.1, 0.15) is 17.2 Å². The van der Waals surface area contributed by atoms with Crippen LogP contribution in [-0.2, 0) is 6.18 Å². The van der Waals surface area contributed by atoms with Crippen LogP contribution in [-0.4, -0.2) is 37.3 Å². The van der Waals surface area contributed by atoms with Crippen molar-refractivity contribution in [3.63, 3.8) is 0 Å². The molecule has 3 rings (SSSR count). The molecule has 2 aromatic carbocycles. The maximum Gasteiger partial charge on any atom is 0.416 e. The van der Waals surface area contributed by atoms with Crippen molar-refractivity contribution in [2.24, 2.45) is 0 Å². The molecule has 2 nitrogen and oxygen atoms in total. The topological polar surface area (TPSA) is 15.3 Å². The lowest BCUT2D eigenvalue weighted by Gasteiger charge is -2.36. The van der Waals surface area contributed by atoms with Crippen LogP contribution in [0.15, 0.2) is 48.5 Å². The van der Waals surface area contributed by atoms with Crippen LogP contribution in [0.25, 0.3) is 11.1 Å². The van der Waals surface area contributed by atoms with Crippen molar-refractivity contribution in [3.05, 3.63) is 59.7 Å². The molecule has 0 spiro atoms. The number of hydrogen-bond acceptors (Lipinski definition) is 2. The van der Waals surface area contributed by atoms with Gasteiger partial charge in [-0.1, -0.05) is 36.4 Å². The summed E-state index contributed by atoms with van der Waals surface area (Å²) in [5, 5.41) is 3.03. The molecule has 154 valence electrons. The zero-order chi connectivity index (χ0) is 19.7. The number of alkyl halides is 6. The highest BCUT2D eigenvalue weighted by Gasteiger charge is 2.44. The molecule has 1 saturated heterocycles. The standard InChI is InChI=1S/C19H18F6N2.ClH/c20-18(21,22)16-7-5-14(6-8-16)13-1-3-15(4-2-13)17(19(23,24)25)27-11-9-26-10-12-27;/h1-8,17,26H,9-12H2;1H/t17-;/m0./s1.